The summed E-state index contributed by atoms with van der Waals surface area (Å²) in [5.74, 6) is 0.133. The van der Waals surface area contributed by atoms with E-state index in [4.69, 9.17) is 4.74 Å². The quantitative estimate of drug-likeness (QED) is 0.473. The summed E-state index contributed by atoms with van der Waals surface area (Å²) in [5.41, 5.74) is 1.67. The molecule has 7 nitrogen and oxygen atoms in total. The van der Waals surface area contributed by atoms with E-state index in [0.29, 0.717) is 33.5 Å². The normalized spacial score (nSPS) is 16.0. The van der Waals surface area contributed by atoms with E-state index in [0.717, 1.165) is 5.75 Å². The predicted molar refractivity (Wildman–Crippen MR) is 100 cm³/mol. The lowest BCUT2D eigenvalue weighted by Gasteiger charge is -2.28. The molecule has 136 valence electrons. The van der Waals surface area contributed by atoms with Crippen LogP contribution in [0.4, 0.5) is 5.82 Å². The fourth-order valence-corrected chi connectivity index (χ4v) is 3.55. The zero-order valence-electron chi connectivity index (χ0n) is 14.8. The number of aromatic amines is 1. The lowest BCUT2D eigenvalue weighted by molar-refractivity contribution is -0.138. The highest BCUT2D eigenvalue weighted by atomic mass is 32.2. The first kappa shape index (κ1) is 18.2. The lowest BCUT2D eigenvalue weighted by Crippen LogP contribution is -2.31. The molecule has 2 N–H and O–H groups in total. The van der Waals surface area contributed by atoms with E-state index in [1.807, 2.05) is 13.0 Å². The van der Waals surface area contributed by atoms with Crippen molar-refractivity contribution in [3.63, 3.8) is 0 Å². The molecular formula is C18H20N4O3S. The van der Waals surface area contributed by atoms with Gasteiger partial charge in [-0.3, -0.25) is 9.78 Å². The van der Waals surface area contributed by atoms with Gasteiger partial charge in [-0.2, -0.15) is 0 Å². The number of fused-ring (bicyclic) bond motifs is 1. The third kappa shape index (κ3) is 3.37. The molecule has 0 radical (unpaired) electrons. The van der Waals surface area contributed by atoms with Crippen LogP contribution in [0.15, 0.2) is 45.6 Å². The van der Waals surface area contributed by atoms with Crippen LogP contribution in [0.5, 0.6) is 0 Å². The number of hydrogen-bond donors (Lipinski definition) is 2. The van der Waals surface area contributed by atoms with E-state index in [2.05, 4.69) is 20.3 Å². The summed E-state index contributed by atoms with van der Waals surface area (Å²) in [4.78, 5) is 37.1. The smallest absolute Gasteiger partial charge is 0.336 e. The SMILES string of the molecule is CCOC(=O)C1=C(C)Nc2nc(SCC)[nH]c(=O)c2C1c1ccccn1. The Bertz CT molecular complexity index is 908. The van der Waals surface area contributed by atoms with Crippen LogP contribution in [0.1, 0.15) is 37.9 Å². The molecule has 0 spiro atoms. The van der Waals surface area contributed by atoms with Gasteiger partial charge in [0.1, 0.15) is 5.82 Å². The molecule has 0 aliphatic carbocycles. The van der Waals surface area contributed by atoms with E-state index in [1.165, 1.54) is 11.8 Å². The number of thioether (sulfide) groups is 1. The van der Waals surface area contributed by atoms with Crippen LogP contribution < -0.4 is 10.9 Å². The van der Waals surface area contributed by atoms with Gasteiger partial charge < -0.3 is 15.0 Å². The minimum absolute atomic E-state index is 0.248. The van der Waals surface area contributed by atoms with Gasteiger partial charge >= 0.3 is 5.97 Å². The van der Waals surface area contributed by atoms with Crippen LogP contribution in [0.2, 0.25) is 0 Å². The highest BCUT2D eigenvalue weighted by molar-refractivity contribution is 7.99. The minimum Gasteiger partial charge on any atom is -0.463 e. The van der Waals surface area contributed by atoms with Gasteiger partial charge in [-0.05, 0) is 31.7 Å². The molecular weight excluding hydrogens is 352 g/mol. The highest BCUT2D eigenvalue weighted by Gasteiger charge is 2.37. The summed E-state index contributed by atoms with van der Waals surface area (Å²) in [6.07, 6.45) is 1.64. The maximum atomic E-state index is 12.8. The van der Waals surface area contributed by atoms with Crippen molar-refractivity contribution in [2.24, 2.45) is 0 Å². The monoisotopic (exact) mass is 372 g/mol. The molecule has 0 saturated carbocycles. The van der Waals surface area contributed by atoms with Gasteiger partial charge in [0.2, 0.25) is 0 Å². The molecule has 3 heterocycles. The van der Waals surface area contributed by atoms with Crippen molar-refractivity contribution in [3.05, 3.63) is 57.3 Å². The average molecular weight is 372 g/mol. The van der Waals surface area contributed by atoms with E-state index < -0.39 is 11.9 Å². The number of rotatable bonds is 5. The lowest BCUT2D eigenvalue weighted by atomic mass is 9.85. The van der Waals surface area contributed by atoms with Gasteiger partial charge in [-0.25, -0.2) is 9.78 Å². The Labute approximate surface area is 155 Å². The van der Waals surface area contributed by atoms with Gasteiger partial charge in [0.15, 0.2) is 5.16 Å². The molecule has 0 amide bonds. The van der Waals surface area contributed by atoms with Crippen molar-refractivity contribution in [1.82, 2.24) is 15.0 Å². The number of esters is 1. The second-order valence-electron chi connectivity index (χ2n) is 5.64. The predicted octanol–water partition coefficient (Wildman–Crippen LogP) is 2.67. The van der Waals surface area contributed by atoms with Crippen molar-refractivity contribution in [2.75, 3.05) is 17.7 Å². The molecule has 0 saturated heterocycles. The van der Waals surface area contributed by atoms with Crippen molar-refractivity contribution < 1.29 is 9.53 Å². The van der Waals surface area contributed by atoms with Crippen molar-refractivity contribution in [1.29, 1.82) is 0 Å². The standard InChI is InChI=1S/C18H20N4O3S/c1-4-25-17(24)12-10(3)20-15-14(13(12)11-8-6-7-9-19-11)16(23)22-18(21-15)26-5-2/h6-9,13H,4-5H2,1-3H3,(H2,20,21,22,23). The van der Waals surface area contributed by atoms with Crippen LogP contribution in [-0.4, -0.2) is 33.3 Å². The topological polar surface area (TPSA) is 97.0 Å². The number of nitrogens with one attached hydrogen (secondary N) is 2. The van der Waals surface area contributed by atoms with E-state index in [1.54, 1.807) is 32.2 Å². The fourth-order valence-electron chi connectivity index (χ4n) is 2.96. The molecule has 0 bridgehead atoms. The third-order valence-corrected chi connectivity index (χ3v) is 4.74. The number of nitrogens with zero attached hydrogens (tertiary/aromatic N) is 2. The second kappa shape index (κ2) is 7.74. The Hall–Kier alpha value is -2.61. The molecule has 2 aromatic heterocycles. The van der Waals surface area contributed by atoms with Gasteiger partial charge in [0.05, 0.1) is 29.4 Å². The largest absolute Gasteiger partial charge is 0.463 e. The Kier molecular flexibility index (Phi) is 5.41. The first-order chi connectivity index (χ1) is 12.6. The van der Waals surface area contributed by atoms with Gasteiger partial charge in [0.25, 0.3) is 5.56 Å². The number of anilines is 1. The molecule has 1 atom stereocenters. The van der Waals surface area contributed by atoms with Crippen LogP contribution in [0.25, 0.3) is 0 Å². The van der Waals surface area contributed by atoms with Crippen molar-refractivity contribution in [2.45, 2.75) is 31.8 Å². The molecule has 26 heavy (non-hydrogen) atoms. The van der Waals surface area contributed by atoms with Crippen LogP contribution in [-0.2, 0) is 9.53 Å². The van der Waals surface area contributed by atoms with Gasteiger partial charge in [0, 0.05) is 11.9 Å². The molecule has 0 aromatic carbocycles. The zero-order valence-corrected chi connectivity index (χ0v) is 15.6. The second-order valence-corrected chi connectivity index (χ2v) is 6.89. The third-order valence-electron chi connectivity index (χ3n) is 3.98. The van der Waals surface area contributed by atoms with Crippen LogP contribution in [0.3, 0.4) is 0 Å². The summed E-state index contributed by atoms with van der Waals surface area (Å²) < 4.78 is 5.22. The maximum Gasteiger partial charge on any atom is 0.336 e. The first-order valence-electron chi connectivity index (χ1n) is 8.39. The van der Waals surface area contributed by atoms with E-state index in [9.17, 15) is 9.59 Å². The molecule has 1 unspecified atom stereocenters. The number of carbonyl (C=O) groups is 1. The molecule has 8 heteroatoms. The van der Waals surface area contributed by atoms with Crippen LogP contribution >= 0.6 is 11.8 Å². The Morgan fingerprint density at radius 3 is 2.81 bits per heavy atom. The number of H-pyrrole nitrogens is 1. The summed E-state index contributed by atoms with van der Waals surface area (Å²) in [6.45, 7) is 5.76. The number of carbonyl (C=O) groups excluding carboxylic acids is 1. The van der Waals surface area contributed by atoms with Gasteiger partial charge in [-0.15, -0.1) is 0 Å². The average Bonchev–Trinajstić information content (AvgIpc) is 2.61. The summed E-state index contributed by atoms with van der Waals surface area (Å²) in [7, 11) is 0. The van der Waals surface area contributed by atoms with E-state index in [-0.39, 0.29) is 12.2 Å². The maximum absolute atomic E-state index is 12.8. The molecule has 1 aliphatic heterocycles. The Morgan fingerprint density at radius 1 is 1.35 bits per heavy atom. The van der Waals surface area contributed by atoms with Crippen molar-refractivity contribution in [3.8, 4) is 0 Å². The number of ether oxygens (including phenoxy) is 1. The fraction of sp³-hybridized carbons (Fsp3) is 0.333. The highest BCUT2D eigenvalue weighted by Crippen LogP contribution is 2.39. The Balaban J connectivity index is 2.22. The Morgan fingerprint density at radius 2 is 2.15 bits per heavy atom. The summed E-state index contributed by atoms with van der Waals surface area (Å²) in [5, 5.41) is 3.63. The summed E-state index contributed by atoms with van der Waals surface area (Å²) >= 11 is 1.45. The molecule has 0 fully saturated rings. The minimum atomic E-state index is -0.636. The number of allylic oxidation sites excluding steroid dienone is 1. The molecule has 2 aromatic rings. The number of pyridine rings is 1. The van der Waals surface area contributed by atoms with Crippen molar-refractivity contribution >= 4 is 23.5 Å². The van der Waals surface area contributed by atoms with Gasteiger partial charge in [-0.1, -0.05) is 24.8 Å². The molecule has 3 rings (SSSR count). The zero-order chi connectivity index (χ0) is 18.7. The summed E-state index contributed by atoms with van der Waals surface area (Å²) in [6, 6.07) is 5.40. The van der Waals surface area contributed by atoms with E-state index >= 15 is 0 Å². The van der Waals surface area contributed by atoms with Crippen LogP contribution in [0, 0.1) is 0 Å². The number of hydrogen-bond acceptors (Lipinski definition) is 7. The first-order valence-corrected chi connectivity index (χ1v) is 9.38. The molecule has 1 aliphatic rings. The number of aromatic nitrogens is 3.